The second-order valence-electron chi connectivity index (χ2n) is 7.78. The third-order valence-electron chi connectivity index (χ3n) is 5.25. The van der Waals surface area contributed by atoms with E-state index in [1.165, 1.54) is 0 Å². The number of nitrogens with one attached hydrogen (secondary N) is 1. The molecule has 1 aliphatic heterocycles. The van der Waals surface area contributed by atoms with Gasteiger partial charge in [-0.1, -0.05) is 49.2 Å². The molecule has 1 aromatic carbocycles. The predicted molar refractivity (Wildman–Crippen MR) is 111 cm³/mol. The normalized spacial score (nSPS) is 16.5. The number of halogens is 2. The summed E-state index contributed by atoms with van der Waals surface area (Å²) in [6.45, 7) is 6.13. The van der Waals surface area contributed by atoms with E-state index in [4.69, 9.17) is 28.9 Å². The number of carbonyl (C=O) groups excluding carboxylic acids is 1. The number of benzene rings is 1. The van der Waals surface area contributed by atoms with Crippen molar-refractivity contribution >= 4 is 46.1 Å². The van der Waals surface area contributed by atoms with Gasteiger partial charge in [0.25, 0.3) is 5.91 Å². The lowest BCUT2D eigenvalue weighted by Gasteiger charge is -2.36. The zero-order chi connectivity index (χ0) is 20.1. The molecule has 9 heteroatoms. The third kappa shape index (κ3) is 3.29. The summed E-state index contributed by atoms with van der Waals surface area (Å²) in [5, 5.41) is 8.39. The Morgan fingerprint density at radius 3 is 2.61 bits per heavy atom. The minimum absolute atomic E-state index is 0.115. The number of H-pyrrole nitrogens is 1. The second-order valence-corrected chi connectivity index (χ2v) is 8.57. The van der Waals surface area contributed by atoms with Crippen LogP contribution in [0.2, 0.25) is 10.0 Å². The van der Waals surface area contributed by atoms with Crippen molar-refractivity contribution in [3.05, 3.63) is 33.9 Å². The summed E-state index contributed by atoms with van der Waals surface area (Å²) in [4.78, 5) is 23.4. The van der Waals surface area contributed by atoms with Gasteiger partial charge < -0.3 is 10.6 Å². The van der Waals surface area contributed by atoms with Gasteiger partial charge >= 0.3 is 0 Å². The van der Waals surface area contributed by atoms with Crippen molar-refractivity contribution in [2.24, 2.45) is 11.1 Å². The van der Waals surface area contributed by atoms with Crippen molar-refractivity contribution in [3.8, 4) is 11.3 Å². The number of anilines is 1. The number of rotatable bonds is 3. The second kappa shape index (κ2) is 6.90. The molecule has 7 nitrogen and oxygen atoms in total. The Balaban J connectivity index is 1.84. The largest absolute Gasteiger partial charge is 0.364 e. The van der Waals surface area contributed by atoms with Gasteiger partial charge in [-0.3, -0.25) is 9.89 Å². The molecule has 0 spiro atoms. The number of aromatic amines is 1. The Kier molecular flexibility index (Phi) is 4.67. The molecule has 1 saturated heterocycles. The van der Waals surface area contributed by atoms with Gasteiger partial charge in [0.1, 0.15) is 11.4 Å². The predicted octanol–water partition coefficient (Wildman–Crippen LogP) is 4.05. The van der Waals surface area contributed by atoms with Gasteiger partial charge in [0.05, 0.1) is 15.4 Å². The lowest BCUT2D eigenvalue weighted by atomic mass is 9.83. The lowest BCUT2D eigenvalue weighted by molar-refractivity contribution is 0.0997. The van der Waals surface area contributed by atoms with Crippen LogP contribution in [0.3, 0.4) is 0 Å². The van der Waals surface area contributed by atoms with Crippen molar-refractivity contribution in [3.63, 3.8) is 0 Å². The van der Waals surface area contributed by atoms with Gasteiger partial charge in [-0.05, 0) is 24.3 Å². The first-order valence-electron chi connectivity index (χ1n) is 9.02. The van der Waals surface area contributed by atoms with Crippen molar-refractivity contribution < 1.29 is 4.79 Å². The molecule has 28 heavy (non-hydrogen) atoms. The number of amides is 1. The highest BCUT2D eigenvalue weighted by molar-refractivity contribution is 6.43. The molecule has 3 aromatic rings. The number of nitrogens with zero attached hydrogens (tertiary/aromatic N) is 4. The third-order valence-corrected chi connectivity index (χ3v) is 6.07. The molecule has 3 N–H and O–H groups in total. The van der Waals surface area contributed by atoms with E-state index < -0.39 is 5.91 Å². The molecule has 0 bridgehead atoms. The van der Waals surface area contributed by atoms with E-state index in [9.17, 15) is 4.79 Å². The first kappa shape index (κ1) is 19.0. The standard InChI is InChI=1S/C19H20Cl2N6O/c1-19(2)6-8-27(9-7-19)18-23-15(16(22)28)12-14(25-26-17(12)24-18)10-4-3-5-11(20)13(10)21/h3-5H,6-9H2,1-2H3,(H2,22,28)(H,23,24,25,26). The maximum Gasteiger partial charge on any atom is 0.268 e. The highest BCUT2D eigenvalue weighted by Gasteiger charge is 2.28. The minimum Gasteiger partial charge on any atom is -0.364 e. The van der Waals surface area contributed by atoms with Crippen molar-refractivity contribution in [1.82, 2.24) is 20.2 Å². The lowest BCUT2D eigenvalue weighted by Crippen LogP contribution is -2.38. The van der Waals surface area contributed by atoms with Crippen LogP contribution >= 0.6 is 23.2 Å². The first-order valence-corrected chi connectivity index (χ1v) is 9.78. The van der Waals surface area contributed by atoms with E-state index in [1.54, 1.807) is 18.2 Å². The maximum absolute atomic E-state index is 12.2. The fourth-order valence-electron chi connectivity index (χ4n) is 3.43. The number of hydrogen-bond acceptors (Lipinski definition) is 5. The van der Waals surface area contributed by atoms with Gasteiger partial charge in [-0.2, -0.15) is 10.1 Å². The highest BCUT2D eigenvalue weighted by atomic mass is 35.5. The molecular weight excluding hydrogens is 399 g/mol. The molecule has 0 radical (unpaired) electrons. The smallest absolute Gasteiger partial charge is 0.268 e. The topological polar surface area (TPSA) is 101 Å². The quantitative estimate of drug-likeness (QED) is 0.667. The molecule has 0 unspecified atom stereocenters. The number of aromatic nitrogens is 4. The molecule has 0 aliphatic carbocycles. The van der Waals surface area contributed by atoms with Crippen molar-refractivity contribution in [2.75, 3.05) is 18.0 Å². The summed E-state index contributed by atoms with van der Waals surface area (Å²) >= 11 is 12.5. The molecular formula is C19H20Cl2N6O. The Hall–Kier alpha value is -2.38. The van der Waals surface area contributed by atoms with E-state index in [0.717, 1.165) is 25.9 Å². The summed E-state index contributed by atoms with van der Waals surface area (Å²) < 4.78 is 0. The average Bonchev–Trinajstić information content (AvgIpc) is 3.07. The summed E-state index contributed by atoms with van der Waals surface area (Å²) in [5.74, 6) is -0.170. The van der Waals surface area contributed by atoms with Gasteiger partial charge in [-0.25, -0.2) is 4.98 Å². The zero-order valence-electron chi connectivity index (χ0n) is 15.6. The van der Waals surface area contributed by atoms with Crippen LogP contribution in [-0.4, -0.2) is 39.2 Å². The van der Waals surface area contributed by atoms with Crippen LogP contribution in [-0.2, 0) is 0 Å². The number of piperidine rings is 1. The van der Waals surface area contributed by atoms with Gasteiger partial charge in [0.2, 0.25) is 5.95 Å². The first-order chi connectivity index (χ1) is 13.3. The Bertz CT molecular complexity index is 1070. The van der Waals surface area contributed by atoms with Crippen molar-refractivity contribution in [2.45, 2.75) is 26.7 Å². The molecule has 4 rings (SSSR count). The van der Waals surface area contributed by atoms with Crippen LogP contribution in [0.15, 0.2) is 18.2 Å². The van der Waals surface area contributed by atoms with Crippen LogP contribution in [0.1, 0.15) is 37.2 Å². The van der Waals surface area contributed by atoms with Crippen LogP contribution in [0.4, 0.5) is 5.95 Å². The van der Waals surface area contributed by atoms with Gasteiger partial charge in [-0.15, -0.1) is 0 Å². The Morgan fingerprint density at radius 1 is 1.21 bits per heavy atom. The fourth-order valence-corrected chi connectivity index (χ4v) is 3.82. The van der Waals surface area contributed by atoms with Crippen molar-refractivity contribution in [1.29, 1.82) is 0 Å². The van der Waals surface area contributed by atoms with E-state index in [-0.39, 0.29) is 11.1 Å². The number of hydrogen-bond donors (Lipinski definition) is 2. The monoisotopic (exact) mass is 418 g/mol. The highest BCUT2D eigenvalue weighted by Crippen LogP contribution is 2.37. The SMILES string of the molecule is CC1(C)CCN(c2nc(C(N)=O)c3c(-c4cccc(Cl)c4Cl)n[nH]c3n2)CC1. The fraction of sp³-hybridized carbons (Fsp3) is 0.368. The number of fused-ring (bicyclic) bond motifs is 1. The van der Waals surface area contributed by atoms with E-state index in [0.29, 0.717) is 38.3 Å². The van der Waals surface area contributed by atoms with E-state index >= 15 is 0 Å². The average molecular weight is 419 g/mol. The van der Waals surface area contributed by atoms with E-state index in [1.807, 2.05) is 0 Å². The molecule has 1 aliphatic rings. The summed E-state index contributed by atoms with van der Waals surface area (Å²) in [6, 6.07) is 5.22. The molecule has 0 atom stereocenters. The number of primary amides is 1. The molecule has 146 valence electrons. The molecule has 1 fully saturated rings. The summed E-state index contributed by atoms with van der Waals surface area (Å²) in [5.41, 5.74) is 7.52. The molecule has 0 saturated carbocycles. The number of carbonyl (C=O) groups is 1. The zero-order valence-corrected chi connectivity index (χ0v) is 17.1. The molecule has 3 heterocycles. The van der Waals surface area contributed by atoms with Crippen LogP contribution in [0.5, 0.6) is 0 Å². The molecule has 1 amide bonds. The van der Waals surface area contributed by atoms with Crippen LogP contribution < -0.4 is 10.6 Å². The van der Waals surface area contributed by atoms with Crippen LogP contribution in [0, 0.1) is 5.41 Å². The summed E-state index contributed by atoms with van der Waals surface area (Å²) in [6.07, 6.45) is 2.04. The Labute approximate surface area is 172 Å². The summed E-state index contributed by atoms with van der Waals surface area (Å²) in [7, 11) is 0. The van der Waals surface area contributed by atoms with Gasteiger partial charge in [0.15, 0.2) is 5.65 Å². The maximum atomic E-state index is 12.2. The number of nitrogens with two attached hydrogens (primary N) is 1. The van der Waals surface area contributed by atoms with E-state index in [2.05, 4.69) is 38.9 Å². The van der Waals surface area contributed by atoms with Crippen LogP contribution in [0.25, 0.3) is 22.3 Å². The molecule has 2 aromatic heterocycles. The minimum atomic E-state index is -0.646. The Morgan fingerprint density at radius 2 is 1.93 bits per heavy atom. The van der Waals surface area contributed by atoms with Gasteiger partial charge in [0, 0.05) is 18.7 Å².